The Balaban J connectivity index is 1.36. The summed E-state index contributed by atoms with van der Waals surface area (Å²) in [4.78, 5) is 7.05. The molecule has 1 aromatic heterocycles. The van der Waals surface area contributed by atoms with Crippen molar-refractivity contribution in [3.63, 3.8) is 0 Å². The molecule has 0 spiro atoms. The van der Waals surface area contributed by atoms with Gasteiger partial charge in [0.2, 0.25) is 6.79 Å². The van der Waals surface area contributed by atoms with Gasteiger partial charge in [-0.25, -0.2) is 4.98 Å². The zero-order chi connectivity index (χ0) is 17.8. The van der Waals surface area contributed by atoms with Crippen molar-refractivity contribution in [3.05, 3.63) is 47.7 Å². The van der Waals surface area contributed by atoms with Gasteiger partial charge in [-0.3, -0.25) is 0 Å². The molecule has 2 aromatic rings. The molecule has 1 fully saturated rings. The summed E-state index contributed by atoms with van der Waals surface area (Å²) >= 11 is 0. The van der Waals surface area contributed by atoms with Crippen molar-refractivity contribution in [2.24, 2.45) is 5.92 Å². The van der Waals surface area contributed by atoms with E-state index in [9.17, 15) is 0 Å². The van der Waals surface area contributed by atoms with Crippen molar-refractivity contribution < 1.29 is 9.47 Å². The van der Waals surface area contributed by atoms with E-state index in [2.05, 4.69) is 40.3 Å². The van der Waals surface area contributed by atoms with E-state index in [-0.39, 0.29) is 0 Å². The number of pyridine rings is 1. The zero-order valence-corrected chi connectivity index (χ0v) is 15.4. The number of rotatable bonds is 6. The molecule has 1 atom stereocenters. The Morgan fingerprint density at radius 3 is 3.12 bits per heavy atom. The van der Waals surface area contributed by atoms with Crippen LogP contribution in [0.3, 0.4) is 0 Å². The van der Waals surface area contributed by atoms with Crippen molar-refractivity contribution in [1.82, 2.24) is 10.3 Å². The van der Waals surface area contributed by atoms with Crippen LogP contribution in [0.4, 0.5) is 5.82 Å². The summed E-state index contributed by atoms with van der Waals surface area (Å²) in [6, 6.07) is 10.3. The normalized spacial score (nSPS) is 19.0. The van der Waals surface area contributed by atoms with E-state index in [0.717, 1.165) is 55.0 Å². The van der Waals surface area contributed by atoms with E-state index in [0.29, 0.717) is 6.79 Å². The van der Waals surface area contributed by atoms with Crippen LogP contribution in [-0.4, -0.2) is 24.9 Å². The highest BCUT2D eigenvalue weighted by Crippen LogP contribution is 2.35. The SMILES string of the molecule is CCC1CCCN(c2cc(CNCc3cccc4c3OCO4)ccn2)C1. The number of nitrogens with one attached hydrogen (secondary N) is 1. The first-order valence-corrected chi connectivity index (χ1v) is 9.61. The van der Waals surface area contributed by atoms with E-state index in [1.54, 1.807) is 0 Å². The van der Waals surface area contributed by atoms with Gasteiger partial charge < -0.3 is 19.7 Å². The van der Waals surface area contributed by atoms with Gasteiger partial charge in [0.05, 0.1) is 0 Å². The minimum Gasteiger partial charge on any atom is -0.454 e. The number of para-hydroxylation sites is 1. The molecule has 138 valence electrons. The molecular formula is C21H27N3O2. The van der Waals surface area contributed by atoms with Crippen molar-refractivity contribution in [3.8, 4) is 11.5 Å². The van der Waals surface area contributed by atoms with Crippen LogP contribution >= 0.6 is 0 Å². The molecule has 0 saturated carbocycles. The maximum absolute atomic E-state index is 5.57. The maximum Gasteiger partial charge on any atom is 0.231 e. The lowest BCUT2D eigenvalue weighted by atomic mass is 9.95. The lowest BCUT2D eigenvalue weighted by molar-refractivity contribution is 0.173. The summed E-state index contributed by atoms with van der Waals surface area (Å²) in [6.45, 7) is 6.42. The molecule has 26 heavy (non-hydrogen) atoms. The Kier molecular flexibility index (Phi) is 5.25. The molecule has 1 saturated heterocycles. The summed E-state index contributed by atoms with van der Waals surface area (Å²) in [5.41, 5.74) is 2.40. The zero-order valence-electron chi connectivity index (χ0n) is 15.4. The topological polar surface area (TPSA) is 46.6 Å². The first kappa shape index (κ1) is 17.2. The fourth-order valence-corrected chi connectivity index (χ4v) is 3.82. The molecule has 2 aliphatic rings. The molecule has 0 aliphatic carbocycles. The predicted molar refractivity (Wildman–Crippen MR) is 103 cm³/mol. The van der Waals surface area contributed by atoms with E-state index < -0.39 is 0 Å². The van der Waals surface area contributed by atoms with Gasteiger partial charge in [0.25, 0.3) is 0 Å². The molecule has 1 aromatic carbocycles. The second kappa shape index (κ2) is 7.96. The average molecular weight is 353 g/mol. The Morgan fingerprint density at radius 2 is 2.19 bits per heavy atom. The highest BCUT2D eigenvalue weighted by atomic mass is 16.7. The molecule has 1 unspecified atom stereocenters. The fourth-order valence-electron chi connectivity index (χ4n) is 3.82. The average Bonchev–Trinajstić information content (AvgIpc) is 3.18. The molecule has 0 amide bonds. The number of piperidine rings is 1. The minimum atomic E-state index is 0.314. The smallest absolute Gasteiger partial charge is 0.231 e. The Bertz CT molecular complexity index is 750. The number of benzene rings is 1. The predicted octanol–water partition coefficient (Wildman–Crippen LogP) is 3.73. The van der Waals surface area contributed by atoms with Crippen LogP contribution in [0.5, 0.6) is 11.5 Å². The molecule has 2 aliphatic heterocycles. The maximum atomic E-state index is 5.57. The largest absolute Gasteiger partial charge is 0.454 e. The van der Waals surface area contributed by atoms with Crippen LogP contribution in [0.2, 0.25) is 0 Å². The van der Waals surface area contributed by atoms with Gasteiger partial charge in [-0.1, -0.05) is 25.5 Å². The van der Waals surface area contributed by atoms with Gasteiger partial charge in [0.15, 0.2) is 11.5 Å². The van der Waals surface area contributed by atoms with E-state index >= 15 is 0 Å². The number of hydrogen-bond acceptors (Lipinski definition) is 5. The van der Waals surface area contributed by atoms with Crippen LogP contribution in [0.15, 0.2) is 36.5 Å². The van der Waals surface area contributed by atoms with Gasteiger partial charge >= 0.3 is 0 Å². The van der Waals surface area contributed by atoms with Crippen molar-refractivity contribution in [1.29, 1.82) is 0 Å². The number of nitrogens with zero attached hydrogens (tertiary/aromatic N) is 2. The van der Waals surface area contributed by atoms with Crippen molar-refractivity contribution in [2.75, 3.05) is 24.8 Å². The minimum absolute atomic E-state index is 0.314. The number of anilines is 1. The number of ether oxygens (including phenoxy) is 2. The third kappa shape index (κ3) is 3.78. The standard InChI is InChI=1S/C21H27N3O2/c1-2-16-5-4-10-24(14-16)20-11-17(8-9-23-20)12-22-13-18-6-3-7-19-21(18)26-15-25-19/h3,6-9,11,16,22H,2,4-5,10,12-15H2,1H3. The van der Waals surface area contributed by atoms with Crippen LogP contribution in [-0.2, 0) is 13.1 Å². The molecular weight excluding hydrogens is 326 g/mol. The third-order valence-electron chi connectivity index (χ3n) is 5.35. The lowest BCUT2D eigenvalue weighted by Crippen LogP contribution is -2.35. The molecule has 3 heterocycles. The second-order valence-corrected chi connectivity index (χ2v) is 7.14. The van der Waals surface area contributed by atoms with E-state index in [1.807, 2.05) is 18.3 Å². The summed E-state index contributed by atoms with van der Waals surface area (Å²) in [5.74, 6) is 3.62. The second-order valence-electron chi connectivity index (χ2n) is 7.14. The van der Waals surface area contributed by atoms with E-state index in [4.69, 9.17) is 9.47 Å². The summed E-state index contributed by atoms with van der Waals surface area (Å²) in [6.07, 6.45) is 5.80. The molecule has 5 heteroatoms. The monoisotopic (exact) mass is 353 g/mol. The lowest BCUT2D eigenvalue weighted by Gasteiger charge is -2.33. The highest BCUT2D eigenvalue weighted by Gasteiger charge is 2.20. The summed E-state index contributed by atoms with van der Waals surface area (Å²) in [7, 11) is 0. The Morgan fingerprint density at radius 1 is 1.23 bits per heavy atom. The first-order valence-electron chi connectivity index (χ1n) is 9.61. The first-order chi connectivity index (χ1) is 12.8. The summed E-state index contributed by atoms with van der Waals surface area (Å²) < 4.78 is 11.0. The van der Waals surface area contributed by atoms with E-state index in [1.165, 1.54) is 24.8 Å². The van der Waals surface area contributed by atoms with Crippen LogP contribution in [0, 0.1) is 5.92 Å². The Hall–Kier alpha value is -2.27. The number of fused-ring (bicyclic) bond motifs is 1. The molecule has 4 rings (SSSR count). The van der Waals surface area contributed by atoms with Gasteiger partial charge in [-0.05, 0) is 42.5 Å². The van der Waals surface area contributed by atoms with Gasteiger partial charge in [-0.15, -0.1) is 0 Å². The third-order valence-corrected chi connectivity index (χ3v) is 5.35. The Labute approximate surface area is 155 Å². The van der Waals surface area contributed by atoms with Crippen molar-refractivity contribution >= 4 is 5.82 Å². The van der Waals surface area contributed by atoms with Crippen molar-refractivity contribution in [2.45, 2.75) is 39.3 Å². The molecule has 0 radical (unpaired) electrons. The van der Waals surface area contributed by atoms with Gasteiger partial charge in [0, 0.05) is 37.9 Å². The molecule has 1 N–H and O–H groups in total. The summed E-state index contributed by atoms with van der Waals surface area (Å²) in [5, 5.41) is 3.52. The fraction of sp³-hybridized carbons (Fsp3) is 0.476. The number of hydrogen-bond donors (Lipinski definition) is 1. The molecule has 5 nitrogen and oxygen atoms in total. The number of aromatic nitrogens is 1. The van der Waals surface area contributed by atoms with Crippen LogP contribution < -0.4 is 19.7 Å². The van der Waals surface area contributed by atoms with Crippen LogP contribution in [0.1, 0.15) is 37.3 Å². The molecule has 0 bridgehead atoms. The van der Waals surface area contributed by atoms with Gasteiger partial charge in [0.1, 0.15) is 5.82 Å². The highest BCUT2D eigenvalue weighted by molar-refractivity contribution is 5.48. The van der Waals surface area contributed by atoms with Gasteiger partial charge in [-0.2, -0.15) is 0 Å². The quantitative estimate of drug-likeness (QED) is 0.857. The van der Waals surface area contributed by atoms with Crippen LogP contribution in [0.25, 0.3) is 0 Å².